The molecule has 0 spiro atoms. The standard InChI is InChI=1S/C15H22ClN3O/c1-2-19(13-5-3-4-10(13)9-17)14-8-11(16)6-7-12(14)15(18)20/h6-8,10,13H,2-5,9,17H2,1H3,(H2,18,20). The Bertz CT molecular complexity index is 492. The average Bonchev–Trinajstić information content (AvgIpc) is 2.87. The van der Waals surface area contributed by atoms with E-state index < -0.39 is 5.91 Å². The Labute approximate surface area is 125 Å². The number of amides is 1. The summed E-state index contributed by atoms with van der Waals surface area (Å²) < 4.78 is 0. The number of benzene rings is 1. The molecule has 0 aromatic heterocycles. The highest BCUT2D eigenvalue weighted by Gasteiger charge is 2.32. The van der Waals surface area contributed by atoms with Crippen LogP contribution < -0.4 is 16.4 Å². The second-order valence-electron chi connectivity index (χ2n) is 5.31. The number of anilines is 1. The Morgan fingerprint density at radius 1 is 1.45 bits per heavy atom. The minimum absolute atomic E-state index is 0.363. The fourth-order valence-corrected chi connectivity index (χ4v) is 3.40. The number of nitrogens with two attached hydrogens (primary N) is 2. The molecule has 1 amide bonds. The van der Waals surface area contributed by atoms with Crippen LogP contribution in [0.5, 0.6) is 0 Å². The van der Waals surface area contributed by atoms with Crippen molar-refractivity contribution in [3.8, 4) is 0 Å². The third-order valence-corrected chi connectivity index (χ3v) is 4.43. The van der Waals surface area contributed by atoms with E-state index in [0.29, 0.717) is 29.1 Å². The molecule has 2 atom stereocenters. The molecule has 110 valence electrons. The number of nitrogens with zero attached hydrogens (tertiary/aromatic N) is 1. The number of halogens is 1. The third-order valence-electron chi connectivity index (χ3n) is 4.20. The maximum atomic E-state index is 11.6. The lowest BCUT2D eigenvalue weighted by atomic mass is 10.0. The van der Waals surface area contributed by atoms with Gasteiger partial charge >= 0.3 is 0 Å². The lowest BCUT2D eigenvalue weighted by Crippen LogP contribution is -2.41. The van der Waals surface area contributed by atoms with Crippen LogP contribution >= 0.6 is 11.6 Å². The first-order valence-electron chi connectivity index (χ1n) is 7.14. The van der Waals surface area contributed by atoms with Gasteiger partial charge in [0.05, 0.1) is 11.3 Å². The van der Waals surface area contributed by atoms with Crippen LogP contribution in [0, 0.1) is 5.92 Å². The topological polar surface area (TPSA) is 72.3 Å². The van der Waals surface area contributed by atoms with Crippen LogP contribution in [0.15, 0.2) is 18.2 Å². The molecule has 4 N–H and O–H groups in total. The molecule has 1 aliphatic carbocycles. The molecule has 1 saturated carbocycles. The zero-order valence-corrected chi connectivity index (χ0v) is 12.6. The second kappa shape index (κ2) is 6.46. The van der Waals surface area contributed by atoms with Gasteiger partial charge in [0.25, 0.3) is 5.91 Å². The van der Waals surface area contributed by atoms with Gasteiger partial charge in [0.1, 0.15) is 0 Å². The lowest BCUT2D eigenvalue weighted by molar-refractivity contribution is 0.100. The maximum absolute atomic E-state index is 11.6. The van der Waals surface area contributed by atoms with Gasteiger partial charge < -0.3 is 16.4 Å². The van der Waals surface area contributed by atoms with E-state index in [4.69, 9.17) is 23.1 Å². The summed E-state index contributed by atoms with van der Waals surface area (Å²) in [7, 11) is 0. The van der Waals surface area contributed by atoms with E-state index >= 15 is 0 Å². The molecule has 0 radical (unpaired) electrons. The molecular formula is C15H22ClN3O. The van der Waals surface area contributed by atoms with E-state index in [9.17, 15) is 4.79 Å². The van der Waals surface area contributed by atoms with Gasteiger partial charge in [-0.2, -0.15) is 0 Å². The molecule has 2 unspecified atom stereocenters. The number of hydrogen-bond donors (Lipinski definition) is 2. The summed E-state index contributed by atoms with van der Waals surface area (Å²) >= 11 is 6.10. The molecule has 4 nitrogen and oxygen atoms in total. The van der Waals surface area contributed by atoms with Crippen molar-refractivity contribution in [2.24, 2.45) is 17.4 Å². The van der Waals surface area contributed by atoms with E-state index in [1.165, 1.54) is 6.42 Å². The van der Waals surface area contributed by atoms with Gasteiger partial charge in [0.15, 0.2) is 0 Å². The van der Waals surface area contributed by atoms with Crippen molar-refractivity contribution in [3.63, 3.8) is 0 Å². The summed E-state index contributed by atoms with van der Waals surface area (Å²) in [6, 6.07) is 5.60. The van der Waals surface area contributed by atoms with Crippen molar-refractivity contribution in [1.82, 2.24) is 0 Å². The van der Waals surface area contributed by atoms with Gasteiger partial charge in [-0.25, -0.2) is 0 Å². The molecule has 2 rings (SSSR count). The van der Waals surface area contributed by atoms with Crippen LogP contribution in [-0.4, -0.2) is 25.0 Å². The Morgan fingerprint density at radius 2 is 2.20 bits per heavy atom. The van der Waals surface area contributed by atoms with E-state index in [0.717, 1.165) is 25.1 Å². The lowest BCUT2D eigenvalue weighted by Gasteiger charge is -2.35. The average molecular weight is 296 g/mol. The predicted molar refractivity (Wildman–Crippen MR) is 83.2 cm³/mol. The van der Waals surface area contributed by atoms with Gasteiger partial charge in [0.2, 0.25) is 0 Å². The molecule has 0 heterocycles. The van der Waals surface area contributed by atoms with E-state index in [-0.39, 0.29) is 0 Å². The van der Waals surface area contributed by atoms with Gasteiger partial charge in [-0.15, -0.1) is 0 Å². The third kappa shape index (κ3) is 2.91. The van der Waals surface area contributed by atoms with Crippen molar-refractivity contribution in [1.29, 1.82) is 0 Å². The van der Waals surface area contributed by atoms with Gasteiger partial charge in [-0.05, 0) is 50.4 Å². The molecule has 1 aromatic rings. The molecular weight excluding hydrogens is 274 g/mol. The minimum Gasteiger partial charge on any atom is -0.368 e. The first-order chi connectivity index (χ1) is 9.58. The van der Waals surface area contributed by atoms with Crippen molar-refractivity contribution in [2.45, 2.75) is 32.2 Å². The van der Waals surface area contributed by atoms with Crippen LogP contribution in [-0.2, 0) is 0 Å². The molecule has 0 saturated heterocycles. The molecule has 5 heteroatoms. The Hall–Kier alpha value is -1.26. The Balaban J connectivity index is 2.40. The first-order valence-corrected chi connectivity index (χ1v) is 7.52. The van der Waals surface area contributed by atoms with Gasteiger partial charge in [-0.1, -0.05) is 18.0 Å². The first kappa shape index (κ1) is 15.1. The van der Waals surface area contributed by atoms with Gasteiger partial charge in [-0.3, -0.25) is 4.79 Å². The number of carbonyl (C=O) groups excluding carboxylic acids is 1. The molecule has 0 aliphatic heterocycles. The maximum Gasteiger partial charge on any atom is 0.250 e. The minimum atomic E-state index is -0.419. The summed E-state index contributed by atoms with van der Waals surface area (Å²) in [4.78, 5) is 13.9. The summed E-state index contributed by atoms with van der Waals surface area (Å²) in [5, 5.41) is 0.616. The number of carbonyl (C=O) groups is 1. The Kier molecular flexibility index (Phi) is 4.89. The normalized spacial score (nSPS) is 21.9. The van der Waals surface area contributed by atoms with Crippen molar-refractivity contribution in [2.75, 3.05) is 18.0 Å². The summed E-state index contributed by atoms with van der Waals surface area (Å²) in [5.41, 5.74) is 12.7. The molecule has 1 aliphatic rings. The molecule has 0 bridgehead atoms. The highest BCUT2D eigenvalue weighted by Crippen LogP contribution is 2.35. The van der Waals surface area contributed by atoms with Crippen LogP contribution in [0.25, 0.3) is 0 Å². The monoisotopic (exact) mass is 295 g/mol. The molecule has 1 aromatic carbocycles. The largest absolute Gasteiger partial charge is 0.368 e. The van der Waals surface area contributed by atoms with E-state index in [2.05, 4.69) is 11.8 Å². The van der Waals surface area contributed by atoms with Crippen LogP contribution in [0.3, 0.4) is 0 Å². The number of rotatable bonds is 5. The highest BCUT2D eigenvalue weighted by molar-refractivity contribution is 6.31. The molecule has 20 heavy (non-hydrogen) atoms. The zero-order chi connectivity index (χ0) is 14.7. The molecule has 1 fully saturated rings. The fraction of sp³-hybridized carbons (Fsp3) is 0.533. The van der Waals surface area contributed by atoms with E-state index in [1.807, 2.05) is 6.07 Å². The van der Waals surface area contributed by atoms with Crippen LogP contribution in [0.2, 0.25) is 5.02 Å². The predicted octanol–water partition coefficient (Wildman–Crippen LogP) is 2.39. The summed E-state index contributed by atoms with van der Waals surface area (Å²) in [6.45, 7) is 3.56. The van der Waals surface area contributed by atoms with Crippen molar-refractivity contribution in [3.05, 3.63) is 28.8 Å². The number of hydrogen-bond acceptors (Lipinski definition) is 3. The van der Waals surface area contributed by atoms with Gasteiger partial charge in [0, 0.05) is 17.6 Å². The quantitative estimate of drug-likeness (QED) is 0.876. The summed E-state index contributed by atoms with van der Waals surface area (Å²) in [5.74, 6) is 0.0482. The highest BCUT2D eigenvalue weighted by atomic mass is 35.5. The Morgan fingerprint density at radius 3 is 2.80 bits per heavy atom. The van der Waals surface area contributed by atoms with E-state index in [1.54, 1.807) is 12.1 Å². The SMILES string of the molecule is CCN(c1cc(Cl)ccc1C(N)=O)C1CCCC1CN. The van der Waals surface area contributed by atoms with Crippen molar-refractivity contribution < 1.29 is 4.79 Å². The summed E-state index contributed by atoms with van der Waals surface area (Å²) in [6.07, 6.45) is 3.42. The zero-order valence-electron chi connectivity index (χ0n) is 11.8. The van der Waals surface area contributed by atoms with Crippen LogP contribution in [0.1, 0.15) is 36.5 Å². The van der Waals surface area contributed by atoms with Crippen molar-refractivity contribution >= 4 is 23.2 Å². The second-order valence-corrected chi connectivity index (χ2v) is 5.74. The fourth-order valence-electron chi connectivity index (χ4n) is 3.24. The smallest absolute Gasteiger partial charge is 0.250 e. The number of primary amides is 1. The van der Waals surface area contributed by atoms with Crippen LogP contribution in [0.4, 0.5) is 5.69 Å².